The molecular weight excluding hydrogens is 470 g/mol. The Labute approximate surface area is 209 Å². The molecule has 2 aromatic carbocycles. The molecule has 0 saturated carbocycles. The van der Waals surface area contributed by atoms with Crippen molar-refractivity contribution < 1.29 is 9.59 Å². The van der Waals surface area contributed by atoms with Crippen molar-refractivity contribution in [2.75, 3.05) is 43.8 Å². The van der Waals surface area contributed by atoms with Crippen molar-refractivity contribution in [3.05, 3.63) is 71.0 Å². The van der Waals surface area contributed by atoms with E-state index in [-0.39, 0.29) is 18.4 Å². The Morgan fingerprint density at radius 2 is 1.82 bits per heavy atom. The van der Waals surface area contributed by atoms with Crippen LogP contribution in [0.1, 0.15) is 11.1 Å². The van der Waals surface area contributed by atoms with Crippen LogP contribution in [0, 0.1) is 13.8 Å². The first-order chi connectivity index (χ1) is 16.4. The highest BCUT2D eigenvalue weighted by atomic mass is 35.5. The Morgan fingerprint density at radius 3 is 2.59 bits per heavy atom. The molecule has 0 radical (unpaired) electrons. The molecule has 1 aliphatic heterocycles. The molecule has 3 aromatic rings. The third-order valence-electron chi connectivity index (χ3n) is 6.01. The third-order valence-corrected chi connectivity index (χ3v) is 7.29. The highest BCUT2D eigenvalue weighted by molar-refractivity contribution is 7.99. The third kappa shape index (κ3) is 5.81. The van der Waals surface area contributed by atoms with E-state index in [4.69, 9.17) is 11.6 Å². The second-order valence-electron chi connectivity index (χ2n) is 8.27. The highest BCUT2D eigenvalue weighted by Gasteiger charge is 2.23. The normalized spacial score (nSPS) is 14.3. The molecule has 2 heterocycles. The van der Waals surface area contributed by atoms with E-state index in [1.807, 2.05) is 33.9 Å². The SMILES string of the molecule is Cc1cccc(-n2ccnc2SCC(=O)N2CCN(CC(=O)Nc3ccccc3Cl)CC2)c1C. The van der Waals surface area contributed by atoms with E-state index in [2.05, 4.69) is 41.2 Å². The molecule has 0 bridgehead atoms. The number of para-hydroxylation sites is 1. The van der Waals surface area contributed by atoms with E-state index in [0.717, 1.165) is 10.8 Å². The summed E-state index contributed by atoms with van der Waals surface area (Å²) in [7, 11) is 0. The standard InChI is InChI=1S/C25H28ClN5O2S/c1-18-6-5-9-22(19(18)2)31-11-10-27-25(31)34-17-24(33)30-14-12-29(13-15-30)16-23(32)28-21-8-4-3-7-20(21)26/h3-11H,12-17H2,1-2H3,(H,28,32). The van der Waals surface area contributed by atoms with Gasteiger partial charge in [0, 0.05) is 38.6 Å². The fraction of sp³-hybridized carbons (Fsp3) is 0.320. The number of piperazine rings is 1. The van der Waals surface area contributed by atoms with E-state index in [9.17, 15) is 9.59 Å². The van der Waals surface area contributed by atoms with Gasteiger partial charge >= 0.3 is 0 Å². The zero-order valence-corrected chi connectivity index (χ0v) is 20.9. The number of halogens is 1. The number of thioether (sulfide) groups is 1. The van der Waals surface area contributed by atoms with E-state index in [0.29, 0.717) is 42.6 Å². The van der Waals surface area contributed by atoms with Crippen molar-refractivity contribution in [3.63, 3.8) is 0 Å². The van der Waals surface area contributed by atoms with Gasteiger partial charge in [-0.2, -0.15) is 0 Å². The number of amides is 2. The predicted molar refractivity (Wildman–Crippen MR) is 137 cm³/mol. The van der Waals surface area contributed by atoms with Gasteiger partial charge in [-0.3, -0.25) is 19.1 Å². The molecule has 0 aliphatic carbocycles. The Hall–Kier alpha value is -2.81. The molecule has 4 rings (SSSR count). The number of hydrogen-bond donors (Lipinski definition) is 1. The second-order valence-corrected chi connectivity index (χ2v) is 9.62. The lowest BCUT2D eigenvalue weighted by molar-refractivity contribution is -0.130. The summed E-state index contributed by atoms with van der Waals surface area (Å²) in [6.07, 6.45) is 3.70. The summed E-state index contributed by atoms with van der Waals surface area (Å²) < 4.78 is 2.04. The maximum Gasteiger partial charge on any atom is 0.238 e. The fourth-order valence-corrected chi connectivity index (χ4v) is 4.96. The summed E-state index contributed by atoms with van der Waals surface area (Å²) in [5.74, 6) is 0.303. The van der Waals surface area contributed by atoms with Crippen LogP contribution in [-0.4, -0.2) is 69.6 Å². The van der Waals surface area contributed by atoms with Gasteiger partial charge in [-0.1, -0.05) is 47.6 Å². The summed E-state index contributed by atoms with van der Waals surface area (Å²) in [5, 5.41) is 4.17. The molecule has 7 nitrogen and oxygen atoms in total. The molecule has 0 unspecified atom stereocenters. The number of anilines is 1. The van der Waals surface area contributed by atoms with Crippen molar-refractivity contribution >= 4 is 40.9 Å². The van der Waals surface area contributed by atoms with Gasteiger partial charge in [0.05, 0.1) is 28.7 Å². The van der Waals surface area contributed by atoms with Crippen molar-refractivity contribution in [3.8, 4) is 5.69 Å². The van der Waals surface area contributed by atoms with E-state index >= 15 is 0 Å². The van der Waals surface area contributed by atoms with Gasteiger partial charge in [0.1, 0.15) is 0 Å². The van der Waals surface area contributed by atoms with Crippen LogP contribution in [-0.2, 0) is 9.59 Å². The van der Waals surface area contributed by atoms with Crippen LogP contribution < -0.4 is 5.32 Å². The van der Waals surface area contributed by atoms with Gasteiger partial charge in [-0.15, -0.1) is 0 Å². The predicted octanol–water partition coefficient (Wildman–Crippen LogP) is 4.02. The highest BCUT2D eigenvalue weighted by Crippen LogP contribution is 2.25. The van der Waals surface area contributed by atoms with Crippen molar-refractivity contribution in [1.82, 2.24) is 19.4 Å². The molecular formula is C25H28ClN5O2S. The number of nitrogens with one attached hydrogen (secondary N) is 1. The maximum atomic E-state index is 12.8. The zero-order chi connectivity index (χ0) is 24.1. The van der Waals surface area contributed by atoms with E-state index < -0.39 is 0 Å². The molecule has 2 amide bonds. The smallest absolute Gasteiger partial charge is 0.238 e. The first kappa shape index (κ1) is 24.3. The Morgan fingerprint density at radius 1 is 1.06 bits per heavy atom. The minimum absolute atomic E-state index is 0.0840. The van der Waals surface area contributed by atoms with Gasteiger partial charge < -0.3 is 10.2 Å². The molecule has 1 N–H and O–H groups in total. The van der Waals surface area contributed by atoms with Crippen molar-refractivity contribution in [2.24, 2.45) is 0 Å². The fourth-order valence-electron chi connectivity index (χ4n) is 3.90. The summed E-state index contributed by atoms with van der Waals surface area (Å²) >= 11 is 7.56. The van der Waals surface area contributed by atoms with Gasteiger partial charge in [0.15, 0.2) is 5.16 Å². The lowest BCUT2D eigenvalue weighted by Crippen LogP contribution is -2.50. The number of imidazole rings is 1. The Kier molecular flexibility index (Phi) is 7.92. The summed E-state index contributed by atoms with van der Waals surface area (Å²) in [6, 6.07) is 13.4. The average molecular weight is 498 g/mol. The van der Waals surface area contributed by atoms with Crippen LogP contribution in [0.3, 0.4) is 0 Å². The number of benzene rings is 2. The summed E-state index contributed by atoms with van der Waals surface area (Å²) in [6.45, 7) is 6.97. The molecule has 0 atom stereocenters. The Balaban J connectivity index is 1.26. The maximum absolute atomic E-state index is 12.8. The van der Waals surface area contributed by atoms with Crippen molar-refractivity contribution in [2.45, 2.75) is 19.0 Å². The van der Waals surface area contributed by atoms with Crippen molar-refractivity contribution in [1.29, 1.82) is 0 Å². The first-order valence-electron chi connectivity index (χ1n) is 11.2. The number of aryl methyl sites for hydroxylation is 1. The summed E-state index contributed by atoms with van der Waals surface area (Å²) in [5.41, 5.74) is 4.11. The molecule has 1 fully saturated rings. The minimum atomic E-state index is -0.110. The van der Waals surface area contributed by atoms with Gasteiger partial charge in [-0.25, -0.2) is 4.98 Å². The monoisotopic (exact) mass is 497 g/mol. The quantitative estimate of drug-likeness (QED) is 0.499. The number of aromatic nitrogens is 2. The minimum Gasteiger partial charge on any atom is -0.339 e. The van der Waals surface area contributed by atoms with Crippen LogP contribution in [0.5, 0.6) is 0 Å². The largest absolute Gasteiger partial charge is 0.339 e. The lowest BCUT2D eigenvalue weighted by Gasteiger charge is -2.34. The second kappa shape index (κ2) is 11.1. The molecule has 178 valence electrons. The van der Waals surface area contributed by atoms with Crippen LogP contribution in [0.25, 0.3) is 5.69 Å². The van der Waals surface area contributed by atoms with E-state index in [1.165, 1.54) is 22.9 Å². The lowest BCUT2D eigenvalue weighted by atomic mass is 10.1. The number of rotatable bonds is 7. The molecule has 1 saturated heterocycles. The number of carbonyl (C=O) groups is 2. The van der Waals surface area contributed by atoms with Crippen LogP contribution in [0.15, 0.2) is 60.0 Å². The molecule has 9 heteroatoms. The number of nitrogens with zero attached hydrogens (tertiary/aromatic N) is 4. The average Bonchev–Trinajstić information content (AvgIpc) is 3.29. The molecule has 34 heavy (non-hydrogen) atoms. The first-order valence-corrected chi connectivity index (χ1v) is 12.6. The molecule has 0 spiro atoms. The van der Waals surface area contributed by atoms with E-state index in [1.54, 1.807) is 18.3 Å². The topological polar surface area (TPSA) is 70.5 Å². The van der Waals surface area contributed by atoms with Gasteiger partial charge in [0.25, 0.3) is 0 Å². The van der Waals surface area contributed by atoms with Crippen LogP contribution in [0.2, 0.25) is 5.02 Å². The van der Waals surface area contributed by atoms with Crippen LogP contribution >= 0.6 is 23.4 Å². The zero-order valence-electron chi connectivity index (χ0n) is 19.3. The Bertz CT molecular complexity index is 1170. The molecule has 1 aromatic heterocycles. The number of hydrogen-bond acceptors (Lipinski definition) is 5. The van der Waals surface area contributed by atoms with Gasteiger partial charge in [0.2, 0.25) is 11.8 Å². The van der Waals surface area contributed by atoms with Gasteiger partial charge in [-0.05, 0) is 43.2 Å². The summed E-state index contributed by atoms with van der Waals surface area (Å²) in [4.78, 5) is 33.6. The molecule has 1 aliphatic rings. The number of carbonyl (C=O) groups excluding carboxylic acids is 2. The van der Waals surface area contributed by atoms with Crippen LogP contribution in [0.4, 0.5) is 5.69 Å².